The van der Waals surface area contributed by atoms with Gasteiger partial charge in [0.2, 0.25) is 15.8 Å². The molecular weight excluding hydrogens is 307 g/mol. The number of hydrogen-bond donors (Lipinski definition) is 1. The van der Waals surface area contributed by atoms with Crippen molar-refractivity contribution in [2.24, 2.45) is 0 Å². The largest absolute Gasteiger partial charge is 0.469 e. The van der Waals surface area contributed by atoms with Crippen LogP contribution >= 0.6 is 0 Å². The number of ether oxygens (including phenoxy) is 1. The topological polar surface area (TPSA) is 116 Å². The van der Waals surface area contributed by atoms with Crippen LogP contribution in [0.3, 0.4) is 0 Å². The molecule has 21 heavy (non-hydrogen) atoms. The number of nitrogens with one attached hydrogen (secondary N) is 1. The molecule has 0 aliphatic rings. The number of carbonyl (C=O) groups excluding carboxylic acids is 1. The predicted molar refractivity (Wildman–Crippen MR) is 71.7 cm³/mol. The molecule has 0 saturated carbocycles. The van der Waals surface area contributed by atoms with Gasteiger partial charge in [-0.25, -0.2) is 8.42 Å². The number of esters is 1. The normalized spacial score (nSPS) is 11.0. The molecular formula is C11H13FN2O6S. The Labute approximate surface area is 120 Å². The fraction of sp³-hybridized carbons (Fsp3) is 0.364. The molecule has 0 amide bonds. The zero-order chi connectivity index (χ0) is 16.0. The highest BCUT2D eigenvalue weighted by Gasteiger charge is 2.17. The first-order valence-electron chi connectivity index (χ1n) is 5.76. The second-order valence-corrected chi connectivity index (χ2v) is 5.87. The van der Waals surface area contributed by atoms with Gasteiger partial charge in [-0.3, -0.25) is 19.6 Å². The van der Waals surface area contributed by atoms with Gasteiger partial charge in [-0.15, -0.1) is 0 Å². The summed E-state index contributed by atoms with van der Waals surface area (Å²) in [6.45, 7) is 0. The number of rotatable bonds is 7. The highest BCUT2D eigenvalue weighted by atomic mass is 32.2. The van der Waals surface area contributed by atoms with Crippen LogP contribution in [0.4, 0.5) is 15.8 Å². The van der Waals surface area contributed by atoms with Gasteiger partial charge in [-0.05, 0) is 12.5 Å². The summed E-state index contributed by atoms with van der Waals surface area (Å²) in [5.41, 5.74) is -0.875. The number of carbonyl (C=O) groups is 1. The summed E-state index contributed by atoms with van der Waals surface area (Å²) in [7, 11) is -2.59. The summed E-state index contributed by atoms with van der Waals surface area (Å²) >= 11 is 0. The molecule has 0 fully saturated rings. The summed E-state index contributed by atoms with van der Waals surface area (Å²) in [5, 5.41) is 10.4. The number of nitrogens with zero attached hydrogens (tertiary/aromatic N) is 1. The number of benzene rings is 1. The van der Waals surface area contributed by atoms with Gasteiger partial charge < -0.3 is 4.74 Å². The Morgan fingerprint density at radius 2 is 2.14 bits per heavy atom. The number of nitro groups is 1. The first-order valence-corrected chi connectivity index (χ1v) is 7.41. The van der Waals surface area contributed by atoms with Crippen LogP contribution in [0.25, 0.3) is 0 Å². The Balaban J connectivity index is 2.69. The zero-order valence-electron chi connectivity index (χ0n) is 11.0. The third kappa shape index (κ3) is 5.34. The highest BCUT2D eigenvalue weighted by molar-refractivity contribution is 7.92. The predicted octanol–water partition coefficient (Wildman–Crippen LogP) is 1.43. The third-order valence-corrected chi connectivity index (χ3v) is 3.81. The van der Waals surface area contributed by atoms with Crippen molar-refractivity contribution >= 4 is 27.4 Å². The van der Waals surface area contributed by atoms with Gasteiger partial charge in [0.25, 0.3) is 0 Å². The maximum absolute atomic E-state index is 13.3. The average molecular weight is 320 g/mol. The van der Waals surface area contributed by atoms with E-state index in [1.165, 1.54) is 7.11 Å². The first-order chi connectivity index (χ1) is 9.75. The second kappa shape index (κ2) is 6.97. The molecule has 10 heteroatoms. The minimum absolute atomic E-state index is 0.0392. The number of sulfonamides is 1. The van der Waals surface area contributed by atoms with Crippen LogP contribution in [0, 0.1) is 15.9 Å². The van der Waals surface area contributed by atoms with E-state index in [0.717, 1.165) is 18.2 Å². The number of anilines is 1. The lowest BCUT2D eigenvalue weighted by Gasteiger charge is -2.07. The summed E-state index contributed by atoms with van der Waals surface area (Å²) in [4.78, 5) is 20.4. The molecule has 0 saturated heterocycles. The quantitative estimate of drug-likeness (QED) is 0.461. The monoisotopic (exact) mass is 320 g/mol. The van der Waals surface area contributed by atoms with E-state index in [4.69, 9.17) is 0 Å². The SMILES string of the molecule is COC(=O)CCCS(=O)(=O)Nc1ccc([N+](=O)[O-])c(F)c1. The lowest BCUT2D eigenvalue weighted by Crippen LogP contribution is -2.17. The number of methoxy groups -OCH3 is 1. The molecule has 0 spiro atoms. The van der Waals surface area contributed by atoms with Crippen molar-refractivity contribution in [2.75, 3.05) is 17.6 Å². The smallest absolute Gasteiger partial charge is 0.305 e. The van der Waals surface area contributed by atoms with Gasteiger partial charge in [0.1, 0.15) is 0 Å². The van der Waals surface area contributed by atoms with Crippen LogP contribution in [-0.2, 0) is 19.6 Å². The molecule has 0 aliphatic carbocycles. The van der Waals surface area contributed by atoms with Crippen LogP contribution < -0.4 is 4.72 Å². The molecule has 0 atom stereocenters. The van der Waals surface area contributed by atoms with Gasteiger partial charge in [0, 0.05) is 18.6 Å². The molecule has 1 aromatic rings. The molecule has 116 valence electrons. The molecule has 1 N–H and O–H groups in total. The van der Waals surface area contributed by atoms with Gasteiger partial charge in [-0.1, -0.05) is 0 Å². The van der Waals surface area contributed by atoms with Crippen molar-refractivity contribution in [3.05, 3.63) is 34.1 Å². The van der Waals surface area contributed by atoms with Gasteiger partial charge >= 0.3 is 11.7 Å². The molecule has 0 aromatic heterocycles. The van der Waals surface area contributed by atoms with Crippen LogP contribution in [0.1, 0.15) is 12.8 Å². The van der Waals surface area contributed by atoms with Crippen molar-refractivity contribution in [2.45, 2.75) is 12.8 Å². The molecule has 0 radical (unpaired) electrons. The summed E-state index contributed by atoms with van der Waals surface area (Å²) < 4.78 is 43.1. The first kappa shape index (κ1) is 16.8. The van der Waals surface area contributed by atoms with E-state index >= 15 is 0 Å². The van der Waals surface area contributed by atoms with Crippen LogP contribution in [0.5, 0.6) is 0 Å². The molecule has 1 aromatic carbocycles. The van der Waals surface area contributed by atoms with Crippen molar-refractivity contribution in [3.63, 3.8) is 0 Å². The Kier molecular flexibility index (Phi) is 5.59. The fourth-order valence-corrected chi connectivity index (χ4v) is 2.57. The number of halogens is 1. The maximum atomic E-state index is 13.3. The number of hydrogen-bond acceptors (Lipinski definition) is 6. The van der Waals surface area contributed by atoms with Crippen LogP contribution in [0.15, 0.2) is 18.2 Å². The number of nitro benzene ring substituents is 1. The minimum atomic E-state index is -3.78. The molecule has 8 nitrogen and oxygen atoms in total. The summed E-state index contributed by atoms with van der Waals surface area (Å²) in [6, 6.07) is 2.66. The molecule has 1 rings (SSSR count). The van der Waals surface area contributed by atoms with E-state index in [9.17, 15) is 27.7 Å². The Morgan fingerprint density at radius 1 is 1.48 bits per heavy atom. The molecule has 0 unspecified atom stereocenters. The molecule has 0 heterocycles. The van der Waals surface area contributed by atoms with Crippen LogP contribution in [-0.4, -0.2) is 32.2 Å². The third-order valence-electron chi connectivity index (χ3n) is 2.44. The lowest BCUT2D eigenvalue weighted by molar-refractivity contribution is -0.387. The van der Waals surface area contributed by atoms with Gasteiger partial charge in [0.05, 0.1) is 23.5 Å². The van der Waals surface area contributed by atoms with E-state index < -0.39 is 32.4 Å². The van der Waals surface area contributed by atoms with Gasteiger partial charge in [0.15, 0.2) is 0 Å². The summed E-state index contributed by atoms with van der Waals surface area (Å²) in [6.07, 6.45) is -0.0243. The molecule has 0 aliphatic heterocycles. The van der Waals surface area contributed by atoms with E-state index in [-0.39, 0.29) is 24.3 Å². The Morgan fingerprint density at radius 3 is 2.67 bits per heavy atom. The lowest BCUT2D eigenvalue weighted by atomic mass is 10.3. The van der Waals surface area contributed by atoms with Crippen molar-refractivity contribution < 1.29 is 27.3 Å². The maximum Gasteiger partial charge on any atom is 0.305 e. The van der Waals surface area contributed by atoms with Crippen LogP contribution in [0.2, 0.25) is 0 Å². The zero-order valence-corrected chi connectivity index (χ0v) is 11.9. The van der Waals surface area contributed by atoms with E-state index in [0.29, 0.717) is 0 Å². The fourth-order valence-electron chi connectivity index (χ4n) is 1.46. The Hall–Kier alpha value is -2.23. The van der Waals surface area contributed by atoms with Crippen molar-refractivity contribution in [3.8, 4) is 0 Å². The minimum Gasteiger partial charge on any atom is -0.469 e. The standard InChI is InChI=1S/C11H13FN2O6S/c1-20-11(15)3-2-6-21(18,19)13-8-4-5-10(14(16)17)9(12)7-8/h4-5,7,13H,2-3,6H2,1H3. The Bertz CT molecular complexity index is 646. The van der Waals surface area contributed by atoms with Gasteiger partial charge in [-0.2, -0.15) is 4.39 Å². The van der Waals surface area contributed by atoms with E-state index in [1.807, 2.05) is 0 Å². The van der Waals surface area contributed by atoms with Crippen molar-refractivity contribution in [1.82, 2.24) is 0 Å². The summed E-state index contributed by atoms with van der Waals surface area (Å²) in [5.74, 6) is -2.04. The second-order valence-electron chi connectivity index (χ2n) is 4.02. The van der Waals surface area contributed by atoms with E-state index in [1.54, 1.807) is 0 Å². The highest BCUT2D eigenvalue weighted by Crippen LogP contribution is 2.21. The van der Waals surface area contributed by atoms with Crippen molar-refractivity contribution in [1.29, 1.82) is 0 Å². The van der Waals surface area contributed by atoms with E-state index in [2.05, 4.69) is 9.46 Å². The molecule has 0 bridgehead atoms. The average Bonchev–Trinajstić information content (AvgIpc) is 2.37.